The molecule has 1 aromatic rings. The lowest BCUT2D eigenvalue weighted by Gasteiger charge is -2.33. The van der Waals surface area contributed by atoms with Crippen molar-refractivity contribution in [2.24, 2.45) is 5.92 Å². The van der Waals surface area contributed by atoms with Crippen LogP contribution < -0.4 is 15.5 Å². The molecule has 2 atom stereocenters. The van der Waals surface area contributed by atoms with Gasteiger partial charge in [-0.3, -0.25) is 9.59 Å². The predicted octanol–water partition coefficient (Wildman–Crippen LogP) is 1.82. The summed E-state index contributed by atoms with van der Waals surface area (Å²) in [5.74, 6) is -1.38. The zero-order valence-electron chi connectivity index (χ0n) is 16.2. The third-order valence-corrected chi connectivity index (χ3v) is 5.48. The molecule has 0 aromatic heterocycles. The number of carbonyl (C=O) groups excluding carboxylic acids is 3. The third kappa shape index (κ3) is 3.65. The van der Waals surface area contributed by atoms with E-state index in [1.807, 2.05) is 18.7 Å². The van der Waals surface area contributed by atoms with E-state index in [0.29, 0.717) is 5.69 Å². The molecule has 2 amide bonds. The summed E-state index contributed by atoms with van der Waals surface area (Å²) in [6.45, 7) is 5.59. The van der Waals surface area contributed by atoms with E-state index in [-0.39, 0.29) is 23.4 Å². The van der Waals surface area contributed by atoms with Crippen molar-refractivity contribution >= 4 is 29.2 Å². The average Bonchev–Trinajstić information content (AvgIpc) is 3.16. The number of benzene rings is 1. The largest absolute Gasteiger partial charge is 0.452 e. The molecule has 0 bridgehead atoms. The number of rotatable bonds is 5. The minimum Gasteiger partial charge on any atom is -0.452 e. The minimum absolute atomic E-state index is 0.0700. The Balaban J connectivity index is 1.64. The van der Waals surface area contributed by atoms with Crippen LogP contribution in [0.5, 0.6) is 0 Å². The fourth-order valence-corrected chi connectivity index (χ4v) is 3.40. The highest BCUT2D eigenvalue weighted by Gasteiger charge is 2.36. The van der Waals surface area contributed by atoms with E-state index in [2.05, 4.69) is 16.7 Å². The fraction of sp³-hybridized carbons (Fsp3) is 0.500. The molecule has 148 valence electrons. The Labute approximate surface area is 163 Å². The maximum absolute atomic E-state index is 12.3. The number of ether oxygens (including phenoxy) is 1. The zero-order valence-corrected chi connectivity index (χ0v) is 16.2. The number of nitrogens with zero attached hydrogens (tertiary/aromatic N) is 2. The standard InChI is InChI=1S/C20H24N4O4/c1-12(2)20(3,11-21)23-17(25)10-28-19(27)13-6-7-15-14(9-13)22-18(26)16-5-4-8-24(15)16/h6-7,9,12,16H,4-5,8,10H2,1-3H3,(H,22,26)(H,23,25)/t16-,20-/m0/s1. The van der Waals surface area contributed by atoms with Crippen molar-refractivity contribution < 1.29 is 19.1 Å². The molecule has 2 N–H and O–H groups in total. The van der Waals surface area contributed by atoms with E-state index < -0.39 is 24.0 Å². The van der Waals surface area contributed by atoms with Crippen molar-refractivity contribution in [3.63, 3.8) is 0 Å². The summed E-state index contributed by atoms with van der Waals surface area (Å²) in [5.41, 5.74) is 0.666. The van der Waals surface area contributed by atoms with Crippen LogP contribution in [0.3, 0.4) is 0 Å². The second kappa shape index (κ2) is 7.50. The van der Waals surface area contributed by atoms with E-state index in [9.17, 15) is 19.6 Å². The third-order valence-electron chi connectivity index (χ3n) is 5.48. The van der Waals surface area contributed by atoms with Gasteiger partial charge < -0.3 is 20.3 Å². The lowest BCUT2D eigenvalue weighted by atomic mass is 9.90. The van der Waals surface area contributed by atoms with E-state index in [0.717, 1.165) is 25.1 Å². The summed E-state index contributed by atoms with van der Waals surface area (Å²) in [7, 11) is 0. The monoisotopic (exact) mass is 384 g/mol. The summed E-state index contributed by atoms with van der Waals surface area (Å²) in [4.78, 5) is 38.6. The smallest absolute Gasteiger partial charge is 0.338 e. The number of hydrogen-bond acceptors (Lipinski definition) is 6. The molecular formula is C20H24N4O4. The van der Waals surface area contributed by atoms with E-state index in [1.54, 1.807) is 25.1 Å². The molecule has 8 nitrogen and oxygen atoms in total. The summed E-state index contributed by atoms with van der Waals surface area (Å²) in [6, 6.07) is 6.90. The Hall–Kier alpha value is -3.08. The van der Waals surface area contributed by atoms with Gasteiger partial charge in [-0.15, -0.1) is 0 Å². The van der Waals surface area contributed by atoms with Gasteiger partial charge in [-0.05, 0) is 43.9 Å². The van der Waals surface area contributed by atoms with Gasteiger partial charge in [-0.1, -0.05) is 13.8 Å². The SMILES string of the molecule is CC(C)[C@](C)(C#N)NC(=O)COC(=O)c1ccc2c(c1)NC(=O)[C@@H]1CCCN21. The van der Waals surface area contributed by atoms with Gasteiger partial charge in [0.1, 0.15) is 11.6 Å². The summed E-state index contributed by atoms with van der Waals surface area (Å²) < 4.78 is 5.08. The lowest BCUT2D eigenvalue weighted by Crippen LogP contribution is -2.50. The van der Waals surface area contributed by atoms with Crippen LogP contribution in [0, 0.1) is 17.2 Å². The average molecular weight is 384 g/mol. The highest BCUT2D eigenvalue weighted by Crippen LogP contribution is 2.37. The molecule has 8 heteroatoms. The Kier molecular flexibility index (Phi) is 5.27. The first-order valence-electron chi connectivity index (χ1n) is 9.36. The van der Waals surface area contributed by atoms with Crippen molar-refractivity contribution in [2.45, 2.75) is 45.2 Å². The summed E-state index contributed by atoms with van der Waals surface area (Å²) in [5, 5.41) is 14.7. The molecule has 0 aliphatic carbocycles. The molecule has 1 fully saturated rings. The number of hydrogen-bond donors (Lipinski definition) is 2. The zero-order chi connectivity index (χ0) is 20.5. The van der Waals surface area contributed by atoms with E-state index >= 15 is 0 Å². The minimum atomic E-state index is -1.04. The van der Waals surface area contributed by atoms with Crippen molar-refractivity contribution in [1.29, 1.82) is 5.26 Å². The number of fused-ring (bicyclic) bond motifs is 3. The van der Waals surface area contributed by atoms with Gasteiger partial charge in [0, 0.05) is 6.54 Å². The first-order chi connectivity index (χ1) is 13.2. The number of amides is 2. The van der Waals surface area contributed by atoms with Crippen LogP contribution in [0.2, 0.25) is 0 Å². The molecule has 2 aliphatic heterocycles. The van der Waals surface area contributed by atoms with Gasteiger partial charge in [0.15, 0.2) is 6.61 Å². The van der Waals surface area contributed by atoms with Crippen LogP contribution in [-0.4, -0.2) is 42.5 Å². The number of nitrogens with one attached hydrogen (secondary N) is 2. The molecule has 2 heterocycles. The second-order valence-corrected chi connectivity index (χ2v) is 7.67. The second-order valence-electron chi connectivity index (χ2n) is 7.67. The highest BCUT2D eigenvalue weighted by molar-refractivity contribution is 6.05. The Bertz CT molecular complexity index is 860. The van der Waals surface area contributed by atoms with Gasteiger partial charge in [0.25, 0.3) is 5.91 Å². The predicted molar refractivity (Wildman–Crippen MR) is 103 cm³/mol. The van der Waals surface area contributed by atoms with Crippen molar-refractivity contribution in [1.82, 2.24) is 5.32 Å². The maximum Gasteiger partial charge on any atom is 0.338 e. The van der Waals surface area contributed by atoms with Gasteiger partial charge in [0.05, 0.1) is 23.0 Å². The molecule has 0 spiro atoms. The molecule has 1 aromatic carbocycles. The van der Waals surface area contributed by atoms with Crippen molar-refractivity contribution in [3.8, 4) is 6.07 Å². The van der Waals surface area contributed by atoms with Gasteiger partial charge >= 0.3 is 5.97 Å². The Morgan fingerprint density at radius 2 is 2.21 bits per heavy atom. The molecule has 2 aliphatic rings. The Morgan fingerprint density at radius 3 is 2.89 bits per heavy atom. The first kappa shape index (κ1) is 19.7. The molecular weight excluding hydrogens is 360 g/mol. The Morgan fingerprint density at radius 1 is 1.46 bits per heavy atom. The molecule has 28 heavy (non-hydrogen) atoms. The lowest BCUT2D eigenvalue weighted by molar-refractivity contribution is -0.125. The number of esters is 1. The summed E-state index contributed by atoms with van der Waals surface area (Å²) in [6.07, 6.45) is 1.77. The van der Waals surface area contributed by atoms with Crippen molar-refractivity contribution in [3.05, 3.63) is 23.8 Å². The van der Waals surface area contributed by atoms with Crippen LogP contribution in [0.1, 0.15) is 44.0 Å². The molecule has 0 saturated carbocycles. The van der Waals surface area contributed by atoms with Gasteiger partial charge in [-0.2, -0.15) is 5.26 Å². The normalized spacial score (nSPS) is 19.8. The number of anilines is 2. The van der Waals surface area contributed by atoms with E-state index in [1.165, 1.54) is 0 Å². The van der Waals surface area contributed by atoms with Crippen LogP contribution in [-0.2, 0) is 14.3 Å². The first-order valence-corrected chi connectivity index (χ1v) is 9.36. The van der Waals surface area contributed by atoms with E-state index in [4.69, 9.17) is 4.74 Å². The van der Waals surface area contributed by atoms with Crippen LogP contribution in [0.4, 0.5) is 11.4 Å². The van der Waals surface area contributed by atoms with Gasteiger partial charge in [0.2, 0.25) is 5.91 Å². The van der Waals surface area contributed by atoms with Crippen LogP contribution >= 0.6 is 0 Å². The fourth-order valence-electron chi connectivity index (χ4n) is 3.40. The quantitative estimate of drug-likeness (QED) is 0.749. The topological polar surface area (TPSA) is 112 Å². The van der Waals surface area contributed by atoms with Crippen LogP contribution in [0.25, 0.3) is 0 Å². The van der Waals surface area contributed by atoms with Gasteiger partial charge in [-0.25, -0.2) is 4.79 Å². The molecule has 1 saturated heterocycles. The summed E-state index contributed by atoms with van der Waals surface area (Å²) >= 11 is 0. The molecule has 0 unspecified atom stereocenters. The van der Waals surface area contributed by atoms with Crippen molar-refractivity contribution in [2.75, 3.05) is 23.4 Å². The number of nitriles is 1. The number of carbonyl (C=O) groups is 3. The molecule has 0 radical (unpaired) electrons. The molecule has 3 rings (SSSR count). The van der Waals surface area contributed by atoms with Crippen LogP contribution in [0.15, 0.2) is 18.2 Å². The maximum atomic E-state index is 12.3. The highest BCUT2D eigenvalue weighted by atomic mass is 16.5.